The number of rotatable bonds is 3. The van der Waals surface area contributed by atoms with Gasteiger partial charge in [-0.05, 0) is 44.2 Å². The smallest absolute Gasteiger partial charge is 0.307 e. The molecule has 3 rings (SSSR count). The van der Waals surface area contributed by atoms with E-state index in [2.05, 4.69) is 41.3 Å². The first-order valence-corrected chi connectivity index (χ1v) is 6.22. The Morgan fingerprint density at radius 1 is 1.26 bits per heavy atom. The maximum Gasteiger partial charge on any atom is 0.307 e. The number of nitrogens with zero attached hydrogens (tertiary/aromatic N) is 3. The Morgan fingerprint density at radius 2 is 2.05 bits per heavy atom. The molecule has 1 aromatic carbocycles. The fourth-order valence-electron chi connectivity index (χ4n) is 2.09. The number of aryl methyl sites for hydroxylation is 2. The molecule has 19 heavy (non-hydrogen) atoms. The molecule has 0 aliphatic rings. The van der Waals surface area contributed by atoms with E-state index in [9.17, 15) is 0 Å². The van der Waals surface area contributed by atoms with E-state index < -0.39 is 0 Å². The highest BCUT2D eigenvalue weighted by atomic mass is 16.4. The first kappa shape index (κ1) is 11.9. The summed E-state index contributed by atoms with van der Waals surface area (Å²) in [5.41, 5.74) is 5.32. The van der Waals surface area contributed by atoms with Crippen molar-refractivity contribution in [3.63, 3.8) is 0 Å². The second-order valence-electron chi connectivity index (χ2n) is 4.69. The molecule has 0 saturated carbocycles. The average molecular weight is 256 g/mol. The van der Waals surface area contributed by atoms with Gasteiger partial charge in [0, 0.05) is 6.54 Å². The van der Waals surface area contributed by atoms with Gasteiger partial charge in [-0.15, -0.1) is 0 Å². The van der Waals surface area contributed by atoms with E-state index >= 15 is 0 Å². The van der Waals surface area contributed by atoms with Crippen molar-refractivity contribution in [3.8, 4) is 6.01 Å². The van der Waals surface area contributed by atoms with Crippen LogP contribution in [0, 0.1) is 13.8 Å². The molecule has 0 spiro atoms. The second kappa shape index (κ2) is 4.51. The van der Waals surface area contributed by atoms with Crippen molar-refractivity contribution in [2.45, 2.75) is 20.4 Å². The molecule has 0 radical (unpaired) electrons. The van der Waals surface area contributed by atoms with Crippen LogP contribution in [0.1, 0.15) is 16.8 Å². The van der Waals surface area contributed by atoms with Crippen molar-refractivity contribution in [1.82, 2.24) is 19.9 Å². The number of fused-ring (bicyclic) bond motifs is 1. The maximum atomic E-state index is 5.51. The van der Waals surface area contributed by atoms with Gasteiger partial charge >= 0.3 is 6.01 Å². The predicted molar refractivity (Wildman–Crippen MR) is 73.4 cm³/mol. The van der Waals surface area contributed by atoms with E-state index in [1.54, 1.807) is 12.6 Å². The highest BCUT2D eigenvalue weighted by Gasteiger charge is 2.11. The molecule has 1 N–H and O–H groups in total. The Bertz CT molecular complexity index is 726. The summed E-state index contributed by atoms with van der Waals surface area (Å²) in [4.78, 5) is 8.84. The zero-order chi connectivity index (χ0) is 13.4. The van der Waals surface area contributed by atoms with Crippen molar-refractivity contribution < 1.29 is 4.42 Å². The summed E-state index contributed by atoms with van der Waals surface area (Å²) in [6, 6.07) is 4.74. The summed E-state index contributed by atoms with van der Waals surface area (Å²) in [6.07, 6.45) is 3.41. The number of oxazole rings is 1. The van der Waals surface area contributed by atoms with Crippen molar-refractivity contribution >= 4 is 11.0 Å². The Labute approximate surface area is 111 Å². The lowest BCUT2D eigenvalue weighted by molar-refractivity contribution is 0.529. The van der Waals surface area contributed by atoms with Gasteiger partial charge in [-0.25, -0.2) is 4.98 Å². The van der Waals surface area contributed by atoms with E-state index in [-0.39, 0.29) is 0 Å². The molecule has 5 nitrogen and oxygen atoms in total. The number of hydrogen-bond acceptors (Lipinski definition) is 4. The molecule has 2 aromatic heterocycles. The van der Waals surface area contributed by atoms with Crippen LogP contribution in [0.25, 0.3) is 17.0 Å². The van der Waals surface area contributed by atoms with Crippen molar-refractivity contribution in [1.29, 1.82) is 0 Å². The second-order valence-corrected chi connectivity index (χ2v) is 4.69. The van der Waals surface area contributed by atoms with Crippen LogP contribution >= 0.6 is 0 Å². The lowest BCUT2D eigenvalue weighted by Crippen LogP contribution is -2.05. The largest absolute Gasteiger partial charge is 0.431 e. The molecule has 0 saturated heterocycles. The van der Waals surface area contributed by atoms with E-state index in [4.69, 9.17) is 4.42 Å². The maximum absolute atomic E-state index is 5.51. The summed E-state index contributed by atoms with van der Waals surface area (Å²) in [6.45, 7) is 4.87. The number of aromatic nitrogens is 3. The molecular weight excluding hydrogens is 240 g/mol. The van der Waals surface area contributed by atoms with Crippen LogP contribution in [0.15, 0.2) is 29.1 Å². The van der Waals surface area contributed by atoms with Crippen LogP contribution in [-0.4, -0.2) is 21.6 Å². The fraction of sp³-hybridized carbons (Fsp3) is 0.286. The van der Waals surface area contributed by atoms with E-state index in [1.807, 2.05) is 11.6 Å². The van der Waals surface area contributed by atoms with Crippen molar-refractivity contribution in [2.24, 2.45) is 0 Å². The SMILES string of the molecule is CNCc1coc(-n2cnc3cc(C)c(C)cc32)n1. The molecule has 0 amide bonds. The van der Waals surface area contributed by atoms with Crippen LogP contribution in [0.3, 0.4) is 0 Å². The zero-order valence-electron chi connectivity index (χ0n) is 11.3. The molecule has 5 heteroatoms. The predicted octanol–water partition coefficient (Wildman–Crippen LogP) is 2.35. The van der Waals surface area contributed by atoms with E-state index in [0.717, 1.165) is 16.7 Å². The number of hydrogen-bond donors (Lipinski definition) is 1. The van der Waals surface area contributed by atoms with E-state index in [0.29, 0.717) is 12.6 Å². The number of imidazole rings is 1. The van der Waals surface area contributed by atoms with Crippen LogP contribution in [-0.2, 0) is 6.54 Å². The molecule has 0 fully saturated rings. The third kappa shape index (κ3) is 2.02. The minimum Gasteiger partial charge on any atom is -0.431 e. The van der Waals surface area contributed by atoms with E-state index in [1.165, 1.54) is 11.1 Å². The molecular formula is C14H16N4O. The van der Waals surface area contributed by atoms with Gasteiger partial charge in [-0.3, -0.25) is 4.57 Å². The monoisotopic (exact) mass is 256 g/mol. The molecule has 0 bridgehead atoms. The minimum absolute atomic E-state index is 0.552. The lowest BCUT2D eigenvalue weighted by Gasteiger charge is -2.01. The van der Waals surface area contributed by atoms with Gasteiger partial charge in [0.25, 0.3) is 0 Å². The number of nitrogens with one attached hydrogen (secondary N) is 1. The van der Waals surface area contributed by atoms with Crippen molar-refractivity contribution in [3.05, 3.63) is 41.5 Å². The van der Waals surface area contributed by atoms with Crippen LogP contribution < -0.4 is 5.32 Å². The molecule has 3 aromatic rings. The van der Waals surface area contributed by atoms with Gasteiger partial charge in [0.1, 0.15) is 12.6 Å². The van der Waals surface area contributed by atoms with Crippen LogP contribution in [0.4, 0.5) is 0 Å². The summed E-state index contributed by atoms with van der Waals surface area (Å²) in [5, 5.41) is 3.05. The highest BCUT2D eigenvalue weighted by Crippen LogP contribution is 2.21. The first-order chi connectivity index (χ1) is 9.19. The average Bonchev–Trinajstić information content (AvgIpc) is 2.97. The summed E-state index contributed by atoms with van der Waals surface area (Å²) in [7, 11) is 1.88. The Balaban J connectivity index is 2.11. The Morgan fingerprint density at radius 3 is 2.84 bits per heavy atom. The standard InChI is InChI=1S/C14H16N4O/c1-9-4-12-13(5-10(9)2)18(8-16-12)14-17-11(6-15-3)7-19-14/h4-5,7-8,15H,6H2,1-3H3. The fourth-order valence-corrected chi connectivity index (χ4v) is 2.09. The number of benzene rings is 1. The van der Waals surface area contributed by atoms with Crippen LogP contribution in [0.5, 0.6) is 0 Å². The van der Waals surface area contributed by atoms with Gasteiger partial charge in [0.2, 0.25) is 0 Å². The molecule has 0 aliphatic carbocycles. The van der Waals surface area contributed by atoms with Gasteiger partial charge in [0.15, 0.2) is 0 Å². The van der Waals surface area contributed by atoms with Gasteiger partial charge in [0.05, 0.1) is 16.7 Å². The summed E-state index contributed by atoms with van der Waals surface area (Å²) < 4.78 is 7.39. The van der Waals surface area contributed by atoms with Crippen LogP contribution in [0.2, 0.25) is 0 Å². The van der Waals surface area contributed by atoms with Gasteiger partial charge in [-0.1, -0.05) is 0 Å². The molecule has 0 unspecified atom stereocenters. The Kier molecular flexibility index (Phi) is 2.83. The molecule has 98 valence electrons. The molecule has 0 aliphatic heterocycles. The quantitative estimate of drug-likeness (QED) is 0.781. The molecule has 0 atom stereocenters. The summed E-state index contributed by atoms with van der Waals surface area (Å²) in [5.74, 6) is 0. The normalized spacial score (nSPS) is 11.3. The lowest BCUT2D eigenvalue weighted by atomic mass is 10.1. The topological polar surface area (TPSA) is 55.9 Å². The first-order valence-electron chi connectivity index (χ1n) is 6.22. The highest BCUT2D eigenvalue weighted by molar-refractivity contribution is 5.78. The molecule has 2 heterocycles. The zero-order valence-corrected chi connectivity index (χ0v) is 11.3. The minimum atomic E-state index is 0.552. The van der Waals surface area contributed by atoms with Gasteiger partial charge < -0.3 is 9.73 Å². The Hall–Kier alpha value is -2.14. The van der Waals surface area contributed by atoms with Gasteiger partial charge in [-0.2, -0.15) is 4.98 Å². The third-order valence-corrected chi connectivity index (χ3v) is 3.27. The summed E-state index contributed by atoms with van der Waals surface area (Å²) >= 11 is 0. The van der Waals surface area contributed by atoms with Crippen molar-refractivity contribution in [2.75, 3.05) is 7.05 Å². The third-order valence-electron chi connectivity index (χ3n) is 3.27.